The topological polar surface area (TPSA) is 123 Å². The molecule has 3 aromatic rings. The molecule has 34 heavy (non-hydrogen) atoms. The van der Waals surface area contributed by atoms with Gasteiger partial charge in [-0.15, -0.1) is 0 Å². The molecule has 0 radical (unpaired) electrons. The summed E-state index contributed by atoms with van der Waals surface area (Å²) in [5.74, 6) is -0.700. The van der Waals surface area contributed by atoms with Gasteiger partial charge in [0.25, 0.3) is 17.5 Å². The number of carbonyl (C=O) groups is 2. The van der Waals surface area contributed by atoms with Gasteiger partial charge in [0, 0.05) is 28.4 Å². The first-order chi connectivity index (χ1) is 16.2. The maximum atomic E-state index is 12.1. The van der Waals surface area contributed by atoms with Crippen LogP contribution in [0.15, 0.2) is 65.8 Å². The average molecular weight is 501 g/mol. The molecule has 174 valence electrons. The van der Waals surface area contributed by atoms with Gasteiger partial charge in [-0.3, -0.25) is 19.7 Å². The van der Waals surface area contributed by atoms with E-state index in [4.69, 9.17) is 27.9 Å². The van der Waals surface area contributed by atoms with Gasteiger partial charge in [-0.2, -0.15) is 5.10 Å². The number of hydrogen-bond donors (Lipinski definition) is 2. The number of amides is 2. The Morgan fingerprint density at radius 3 is 2.59 bits per heavy atom. The third-order valence-corrected chi connectivity index (χ3v) is 5.17. The number of benzene rings is 3. The maximum Gasteiger partial charge on any atom is 0.271 e. The fourth-order valence-electron chi connectivity index (χ4n) is 2.72. The molecule has 9 nitrogen and oxygen atoms in total. The SMILES string of the molecule is Cc1ccc(NC(=O)COc2ccc(/C=N/NC(=O)c3cccc([N+](=O)[O-])c3)cc2Cl)cc1Cl. The molecule has 2 N–H and O–H groups in total. The van der Waals surface area contributed by atoms with Crippen molar-refractivity contribution in [3.63, 3.8) is 0 Å². The van der Waals surface area contributed by atoms with E-state index in [1.54, 1.807) is 30.3 Å². The highest BCUT2D eigenvalue weighted by Crippen LogP contribution is 2.25. The molecule has 0 atom stereocenters. The fraction of sp³-hybridized carbons (Fsp3) is 0.0870. The van der Waals surface area contributed by atoms with Crippen molar-refractivity contribution in [2.45, 2.75) is 6.92 Å². The van der Waals surface area contributed by atoms with E-state index in [1.165, 1.54) is 30.5 Å². The minimum Gasteiger partial charge on any atom is -0.482 e. The van der Waals surface area contributed by atoms with E-state index in [0.29, 0.717) is 16.3 Å². The molecular formula is C23H18Cl2N4O5. The molecule has 0 aliphatic rings. The number of non-ortho nitro benzene ring substituents is 1. The number of anilines is 1. The van der Waals surface area contributed by atoms with Gasteiger partial charge in [0.2, 0.25) is 0 Å². The van der Waals surface area contributed by atoms with Gasteiger partial charge in [-0.05, 0) is 54.4 Å². The van der Waals surface area contributed by atoms with Crippen LogP contribution in [0.3, 0.4) is 0 Å². The molecule has 0 spiro atoms. The molecular weight excluding hydrogens is 483 g/mol. The zero-order chi connectivity index (χ0) is 24.7. The summed E-state index contributed by atoms with van der Waals surface area (Å²) in [6.45, 7) is 1.59. The summed E-state index contributed by atoms with van der Waals surface area (Å²) in [4.78, 5) is 34.5. The van der Waals surface area contributed by atoms with E-state index in [2.05, 4.69) is 15.8 Å². The number of carbonyl (C=O) groups excluding carboxylic acids is 2. The first-order valence-corrected chi connectivity index (χ1v) is 10.5. The third kappa shape index (κ3) is 6.77. The highest BCUT2D eigenvalue weighted by Gasteiger charge is 2.11. The van der Waals surface area contributed by atoms with E-state index in [-0.39, 0.29) is 34.5 Å². The minimum atomic E-state index is -0.605. The van der Waals surface area contributed by atoms with Crippen LogP contribution in [0.4, 0.5) is 11.4 Å². The van der Waals surface area contributed by atoms with Crippen LogP contribution in [0.2, 0.25) is 10.0 Å². The highest BCUT2D eigenvalue weighted by atomic mass is 35.5. The van der Waals surface area contributed by atoms with E-state index in [9.17, 15) is 19.7 Å². The molecule has 0 bridgehead atoms. The molecule has 0 fully saturated rings. The van der Waals surface area contributed by atoms with Crippen LogP contribution in [0.25, 0.3) is 0 Å². The van der Waals surface area contributed by atoms with Crippen LogP contribution in [-0.4, -0.2) is 29.6 Å². The molecule has 3 rings (SSSR count). The van der Waals surface area contributed by atoms with Crippen LogP contribution in [-0.2, 0) is 4.79 Å². The van der Waals surface area contributed by atoms with Gasteiger partial charge >= 0.3 is 0 Å². The van der Waals surface area contributed by atoms with Crippen molar-refractivity contribution >= 4 is 52.6 Å². The lowest BCUT2D eigenvalue weighted by Crippen LogP contribution is -2.20. The highest BCUT2D eigenvalue weighted by molar-refractivity contribution is 6.32. The maximum absolute atomic E-state index is 12.1. The van der Waals surface area contributed by atoms with Gasteiger partial charge in [0.05, 0.1) is 16.2 Å². The van der Waals surface area contributed by atoms with Crippen molar-refractivity contribution in [2.75, 3.05) is 11.9 Å². The van der Waals surface area contributed by atoms with Crippen molar-refractivity contribution in [3.8, 4) is 5.75 Å². The molecule has 0 saturated heterocycles. The lowest BCUT2D eigenvalue weighted by Gasteiger charge is -2.10. The van der Waals surface area contributed by atoms with E-state index in [1.807, 2.05) is 6.92 Å². The number of halogens is 2. The number of aryl methyl sites for hydroxylation is 1. The summed E-state index contributed by atoms with van der Waals surface area (Å²) in [5.41, 5.74) is 4.19. The molecule has 0 unspecified atom stereocenters. The first kappa shape index (κ1) is 24.7. The van der Waals surface area contributed by atoms with Crippen molar-refractivity contribution in [2.24, 2.45) is 5.10 Å². The molecule has 2 amide bonds. The summed E-state index contributed by atoms with van der Waals surface area (Å²) in [6, 6.07) is 15.2. The Balaban J connectivity index is 1.54. The zero-order valence-corrected chi connectivity index (χ0v) is 19.3. The summed E-state index contributed by atoms with van der Waals surface area (Å²) in [7, 11) is 0. The van der Waals surface area contributed by atoms with E-state index >= 15 is 0 Å². The Hall–Kier alpha value is -3.95. The van der Waals surface area contributed by atoms with Gasteiger partial charge in [0.1, 0.15) is 5.75 Å². The quantitative estimate of drug-likeness (QED) is 0.256. The number of hydrogen-bond acceptors (Lipinski definition) is 6. The summed E-state index contributed by atoms with van der Waals surface area (Å²) in [5, 5.41) is 18.1. The standard InChI is InChI=1S/C23H18Cl2N4O5/c1-14-5-7-17(11-19(14)24)27-22(30)13-34-21-8-6-15(9-20(21)25)12-26-28-23(31)16-3-2-4-18(10-16)29(32)33/h2-12H,13H2,1H3,(H,27,30)(H,28,31)/b26-12+. The number of nitro benzene ring substituents is 1. The second kappa shape index (κ2) is 11.3. The van der Waals surface area contributed by atoms with Crippen LogP contribution in [0, 0.1) is 17.0 Å². The van der Waals surface area contributed by atoms with Gasteiger partial charge in [0.15, 0.2) is 6.61 Å². The molecule has 0 aromatic heterocycles. The Morgan fingerprint density at radius 1 is 1.09 bits per heavy atom. The van der Waals surface area contributed by atoms with Gasteiger partial charge in [-0.25, -0.2) is 5.43 Å². The minimum absolute atomic E-state index is 0.0966. The molecule has 3 aromatic carbocycles. The number of rotatable bonds is 8. The third-order valence-electron chi connectivity index (χ3n) is 4.47. The Morgan fingerprint density at radius 2 is 1.88 bits per heavy atom. The molecule has 0 aliphatic carbocycles. The Kier molecular flexibility index (Phi) is 8.18. The van der Waals surface area contributed by atoms with Crippen molar-refractivity contribution < 1.29 is 19.2 Å². The van der Waals surface area contributed by atoms with Crippen LogP contribution < -0.4 is 15.5 Å². The molecule has 0 aliphatic heterocycles. The summed E-state index contributed by atoms with van der Waals surface area (Å²) >= 11 is 12.3. The Bertz CT molecular complexity index is 1280. The first-order valence-electron chi connectivity index (χ1n) is 9.79. The Labute approximate surface area is 204 Å². The van der Waals surface area contributed by atoms with E-state index in [0.717, 1.165) is 11.6 Å². The molecule has 11 heteroatoms. The number of nitro groups is 1. The van der Waals surface area contributed by atoms with Crippen molar-refractivity contribution in [1.29, 1.82) is 0 Å². The smallest absolute Gasteiger partial charge is 0.271 e. The largest absolute Gasteiger partial charge is 0.482 e. The predicted molar refractivity (Wildman–Crippen MR) is 130 cm³/mol. The average Bonchev–Trinajstić information content (AvgIpc) is 2.81. The van der Waals surface area contributed by atoms with Gasteiger partial charge < -0.3 is 10.1 Å². The normalized spacial score (nSPS) is 10.7. The molecule has 0 saturated carbocycles. The predicted octanol–water partition coefficient (Wildman–Crippen LogP) is 4.99. The van der Waals surface area contributed by atoms with Crippen LogP contribution in [0.1, 0.15) is 21.5 Å². The summed E-state index contributed by atoms with van der Waals surface area (Å²) < 4.78 is 5.46. The van der Waals surface area contributed by atoms with Crippen molar-refractivity contribution in [1.82, 2.24) is 5.43 Å². The number of nitrogens with one attached hydrogen (secondary N) is 2. The van der Waals surface area contributed by atoms with E-state index < -0.39 is 10.8 Å². The lowest BCUT2D eigenvalue weighted by atomic mass is 10.2. The number of hydrazone groups is 1. The van der Waals surface area contributed by atoms with Gasteiger partial charge in [-0.1, -0.05) is 35.3 Å². The second-order valence-electron chi connectivity index (χ2n) is 7.00. The van der Waals surface area contributed by atoms with Crippen LogP contribution >= 0.6 is 23.2 Å². The van der Waals surface area contributed by atoms with Crippen LogP contribution in [0.5, 0.6) is 5.75 Å². The zero-order valence-electron chi connectivity index (χ0n) is 17.7. The molecule has 0 heterocycles. The second-order valence-corrected chi connectivity index (χ2v) is 7.81. The fourth-order valence-corrected chi connectivity index (χ4v) is 3.14. The summed E-state index contributed by atoms with van der Waals surface area (Å²) in [6.07, 6.45) is 1.35. The number of ether oxygens (including phenoxy) is 1. The lowest BCUT2D eigenvalue weighted by molar-refractivity contribution is -0.384. The number of nitrogens with zero attached hydrogens (tertiary/aromatic N) is 2. The van der Waals surface area contributed by atoms with Crippen molar-refractivity contribution in [3.05, 3.63) is 97.5 Å². The monoisotopic (exact) mass is 500 g/mol.